The van der Waals surface area contributed by atoms with Crippen LogP contribution in [0, 0.1) is 0 Å². The van der Waals surface area contributed by atoms with Crippen LogP contribution in [-0.2, 0) is 15.8 Å². The fourth-order valence-electron chi connectivity index (χ4n) is 2.16. The Balaban J connectivity index is 2.52. The van der Waals surface area contributed by atoms with Crippen LogP contribution in [-0.4, -0.2) is 45.3 Å². The van der Waals surface area contributed by atoms with Crippen molar-refractivity contribution < 1.29 is 37.7 Å². The van der Waals surface area contributed by atoms with Gasteiger partial charge in [-0.3, -0.25) is 4.79 Å². The lowest BCUT2D eigenvalue weighted by Crippen LogP contribution is -2.31. The maximum atomic E-state index is 13.1. The molecule has 140 valence electrons. The van der Waals surface area contributed by atoms with Gasteiger partial charge >= 0.3 is 18.1 Å². The van der Waals surface area contributed by atoms with Gasteiger partial charge in [0.2, 0.25) is 5.82 Å². The third-order valence-corrected chi connectivity index (χ3v) is 3.41. The number of rotatable bonds is 7. The first-order valence-corrected chi connectivity index (χ1v) is 7.26. The first-order chi connectivity index (χ1) is 12.1. The van der Waals surface area contributed by atoms with Crippen molar-refractivity contribution in [3.8, 4) is 5.75 Å². The molecule has 1 heterocycles. The summed E-state index contributed by atoms with van der Waals surface area (Å²) in [6, 6.07) is 2.65. The van der Waals surface area contributed by atoms with Crippen LogP contribution in [0.1, 0.15) is 18.7 Å². The van der Waals surface area contributed by atoms with Gasteiger partial charge in [0.05, 0.1) is 12.6 Å². The molecular formula is C15H14F3N3O5. The number of carbonyl (C=O) groups is 2. The molecule has 11 heteroatoms. The van der Waals surface area contributed by atoms with Crippen LogP contribution in [0.2, 0.25) is 0 Å². The Labute approximate surface area is 144 Å². The van der Waals surface area contributed by atoms with Crippen molar-refractivity contribution in [2.24, 2.45) is 0 Å². The van der Waals surface area contributed by atoms with Crippen LogP contribution in [0.5, 0.6) is 5.75 Å². The van der Waals surface area contributed by atoms with Crippen LogP contribution in [0.25, 0.3) is 10.9 Å². The Morgan fingerprint density at radius 2 is 1.96 bits per heavy atom. The van der Waals surface area contributed by atoms with Crippen molar-refractivity contribution in [3.05, 3.63) is 24.0 Å². The van der Waals surface area contributed by atoms with Crippen molar-refractivity contribution in [1.82, 2.24) is 9.97 Å². The molecule has 1 atom stereocenters. The van der Waals surface area contributed by atoms with Gasteiger partial charge in [0.15, 0.2) is 0 Å². The molecule has 2 rings (SSSR count). The number of benzene rings is 1. The number of alkyl halides is 3. The lowest BCUT2D eigenvalue weighted by atomic mass is 10.1. The summed E-state index contributed by atoms with van der Waals surface area (Å²) in [6.07, 6.45) is -5.67. The average Bonchev–Trinajstić information content (AvgIpc) is 2.56. The summed E-state index contributed by atoms with van der Waals surface area (Å²) in [7, 11) is 1.33. The average molecular weight is 373 g/mol. The second-order valence-corrected chi connectivity index (χ2v) is 5.24. The van der Waals surface area contributed by atoms with Crippen molar-refractivity contribution in [2.45, 2.75) is 25.1 Å². The van der Waals surface area contributed by atoms with Gasteiger partial charge in [-0.15, -0.1) is 0 Å². The molecule has 3 N–H and O–H groups in total. The Morgan fingerprint density at radius 3 is 2.50 bits per heavy atom. The molecule has 2 aromatic rings. The molecule has 0 aliphatic rings. The van der Waals surface area contributed by atoms with E-state index in [0.29, 0.717) is 0 Å². The first kappa shape index (κ1) is 19.2. The number of aromatic nitrogens is 2. The number of halogens is 3. The lowest BCUT2D eigenvalue weighted by Gasteiger charge is -2.17. The van der Waals surface area contributed by atoms with Crippen LogP contribution in [0.3, 0.4) is 0 Å². The molecule has 0 saturated carbocycles. The predicted molar refractivity (Wildman–Crippen MR) is 83.0 cm³/mol. The summed E-state index contributed by atoms with van der Waals surface area (Å²) in [5, 5.41) is 20.4. The number of nitrogens with zero attached hydrogens (tertiary/aromatic N) is 2. The molecular weight excluding hydrogens is 359 g/mol. The molecule has 0 bridgehead atoms. The number of carboxylic acid groups (broad SMARTS) is 2. The summed E-state index contributed by atoms with van der Waals surface area (Å²) in [5.74, 6) is -4.20. The van der Waals surface area contributed by atoms with Gasteiger partial charge < -0.3 is 20.3 Å². The fourth-order valence-corrected chi connectivity index (χ4v) is 2.16. The van der Waals surface area contributed by atoms with Gasteiger partial charge in [0.25, 0.3) is 0 Å². The molecule has 8 nitrogen and oxygen atoms in total. The second kappa shape index (κ2) is 7.42. The van der Waals surface area contributed by atoms with Crippen LogP contribution >= 0.6 is 0 Å². The summed E-state index contributed by atoms with van der Waals surface area (Å²) >= 11 is 0. The monoisotopic (exact) mass is 373 g/mol. The predicted octanol–water partition coefficient (Wildman–Crippen LogP) is 2.39. The summed E-state index contributed by atoms with van der Waals surface area (Å²) < 4.78 is 44.1. The number of hydrogen-bond acceptors (Lipinski definition) is 6. The molecule has 0 aliphatic carbocycles. The van der Waals surface area contributed by atoms with E-state index in [2.05, 4.69) is 15.3 Å². The van der Waals surface area contributed by atoms with Crippen molar-refractivity contribution >= 4 is 28.7 Å². The number of methoxy groups -OCH3 is 1. The molecule has 0 amide bonds. The number of hydrogen-bond donors (Lipinski definition) is 3. The molecule has 0 aliphatic heterocycles. The van der Waals surface area contributed by atoms with E-state index in [1.165, 1.54) is 25.3 Å². The SMILES string of the molecule is COc1ccc2c(NC(CCC(=O)O)C(=O)O)nc(C(F)(F)F)nc2c1. The summed E-state index contributed by atoms with van der Waals surface area (Å²) in [4.78, 5) is 28.8. The molecule has 26 heavy (non-hydrogen) atoms. The third-order valence-electron chi connectivity index (χ3n) is 3.41. The molecule has 0 fully saturated rings. The van der Waals surface area contributed by atoms with E-state index in [1.54, 1.807) is 0 Å². The first-order valence-electron chi connectivity index (χ1n) is 7.26. The van der Waals surface area contributed by atoms with Crippen LogP contribution < -0.4 is 10.1 Å². The Kier molecular flexibility index (Phi) is 5.48. The van der Waals surface area contributed by atoms with Crippen LogP contribution in [0.4, 0.5) is 19.0 Å². The molecule has 1 unspecified atom stereocenters. The van der Waals surface area contributed by atoms with Gasteiger partial charge in [-0.2, -0.15) is 13.2 Å². The molecule has 0 radical (unpaired) electrons. The highest BCUT2D eigenvalue weighted by Gasteiger charge is 2.36. The fraction of sp³-hybridized carbons (Fsp3) is 0.333. The van der Waals surface area contributed by atoms with Crippen molar-refractivity contribution in [3.63, 3.8) is 0 Å². The summed E-state index contributed by atoms with van der Waals surface area (Å²) in [6.45, 7) is 0. The van der Waals surface area contributed by atoms with E-state index >= 15 is 0 Å². The van der Waals surface area contributed by atoms with Crippen molar-refractivity contribution in [2.75, 3.05) is 12.4 Å². The molecule has 0 spiro atoms. The maximum Gasteiger partial charge on any atom is 0.451 e. The zero-order chi connectivity index (χ0) is 19.5. The van der Waals surface area contributed by atoms with Gasteiger partial charge in [-0.25, -0.2) is 14.8 Å². The van der Waals surface area contributed by atoms with Gasteiger partial charge in [-0.1, -0.05) is 0 Å². The maximum absolute atomic E-state index is 13.1. The zero-order valence-electron chi connectivity index (χ0n) is 13.4. The second-order valence-electron chi connectivity index (χ2n) is 5.24. The number of ether oxygens (including phenoxy) is 1. The minimum Gasteiger partial charge on any atom is -0.497 e. The Bertz CT molecular complexity index is 841. The highest BCUT2D eigenvalue weighted by atomic mass is 19.4. The van der Waals surface area contributed by atoms with E-state index in [0.717, 1.165) is 0 Å². The van der Waals surface area contributed by atoms with Gasteiger partial charge in [0.1, 0.15) is 17.6 Å². The van der Waals surface area contributed by atoms with E-state index in [4.69, 9.17) is 9.84 Å². The Hall–Kier alpha value is -3.11. The molecule has 1 aromatic heterocycles. The smallest absolute Gasteiger partial charge is 0.451 e. The quantitative estimate of drug-likeness (QED) is 0.676. The van der Waals surface area contributed by atoms with Crippen molar-refractivity contribution in [1.29, 1.82) is 0 Å². The summed E-state index contributed by atoms with van der Waals surface area (Å²) in [5.41, 5.74) is -0.100. The van der Waals surface area contributed by atoms with Gasteiger partial charge in [-0.05, 0) is 18.6 Å². The standard InChI is InChI=1S/C15H14F3N3O5/c1-26-7-2-3-8-10(6-7)20-14(15(16,17)18)21-12(8)19-9(13(24)25)4-5-11(22)23/h2-3,6,9H,4-5H2,1H3,(H,22,23)(H,24,25)(H,19,20,21). The number of anilines is 1. The van der Waals surface area contributed by atoms with E-state index in [9.17, 15) is 27.9 Å². The topological polar surface area (TPSA) is 122 Å². The number of aliphatic carboxylic acids is 2. The van der Waals surface area contributed by atoms with E-state index < -0.39 is 36.4 Å². The van der Waals surface area contributed by atoms with E-state index in [-0.39, 0.29) is 28.9 Å². The van der Waals surface area contributed by atoms with Gasteiger partial charge in [0, 0.05) is 17.9 Å². The minimum atomic E-state index is -4.85. The highest BCUT2D eigenvalue weighted by Crippen LogP contribution is 2.32. The minimum absolute atomic E-state index is 0.100. The lowest BCUT2D eigenvalue weighted by molar-refractivity contribution is -0.144. The number of nitrogens with one attached hydrogen (secondary N) is 1. The zero-order valence-corrected chi connectivity index (χ0v) is 13.4. The van der Waals surface area contributed by atoms with E-state index in [1.807, 2.05) is 0 Å². The highest BCUT2D eigenvalue weighted by molar-refractivity contribution is 5.92. The number of carboxylic acids is 2. The molecule has 0 saturated heterocycles. The van der Waals surface area contributed by atoms with Crippen LogP contribution in [0.15, 0.2) is 18.2 Å². The normalized spacial score (nSPS) is 12.6. The largest absolute Gasteiger partial charge is 0.497 e. The Morgan fingerprint density at radius 1 is 1.27 bits per heavy atom. The third kappa shape index (κ3) is 4.49. The molecule has 1 aromatic carbocycles. The number of fused-ring (bicyclic) bond motifs is 1.